The highest BCUT2D eigenvalue weighted by Crippen LogP contribution is 2.39. The van der Waals surface area contributed by atoms with Crippen LogP contribution in [-0.2, 0) is 14.3 Å². The predicted octanol–water partition coefficient (Wildman–Crippen LogP) is 3.50. The lowest BCUT2D eigenvalue weighted by Crippen LogP contribution is -2.36. The zero-order valence-corrected chi connectivity index (χ0v) is 15.5. The van der Waals surface area contributed by atoms with Gasteiger partial charge < -0.3 is 19.3 Å². The monoisotopic (exact) mass is 338 g/mol. The molecule has 0 spiro atoms. The van der Waals surface area contributed by atoms with E-state index in [0.29, 0.717) is 13.0 Å². The summed E-state index contributed by atoms with van der Waals surface area (Å²) in [6.45, 7) is 9.35. The van der Waals surface area contributed by atoms with Gasteiger partial charge >= 0.3 is 5.97 Å². The number of carbonyl (C=O) groups excluding carboxylic acids is 1. The molecule has 5 heteroatoms. The highest BCUT2D eigenvalue weighted by atomic mass is 16.5. The number of hydrogen-bond donors (Lipinski definition) is 1. The molecular weight excluding hydrogens is 308 g/mol. The topological polar surface area (TPSA) is 65.0 Å². The van der Waals surface area contributed by atoms with E-state index >= 15 is 0 Å². The van der Waals surface area contributed by atoms with E-state index in [2.05, 4.69) is 0 Å². The number of ether oxygens (including phenoxy) is 3. The molecule has 5 nitrogen and oxygen atoms in total. The number of aliphatic hydroxyl groups excluding tert-OH is 1. The molecule has 0 aliphatic carbocycles. The number of methoxy groups -OCH3 is 1. The summed E-state index contributed by atoms with van der Waals surface area (Å²) in [5, 5.41) is 9.58. The van der Waals surface area contributed by atoms with Crippen molar-refractivity contribution in [2.24, 2.45) is 5.41 Å². The Labute approximate surface area is 144 Å². The van der Waals surface area contributed by atoms with Gasteiger partial charge in [-0.3, -0.25) is 4.79 Å². The molecule has 0 heterocycles. The molecule has 136 valence electrons. The standard InChI is InChI=1S/C19H30O5/c1-7-23-18(21)19(4,5)17(24-14(3)12-13(2)20)15-8-10-16(22-6)11-9-15/h8-11,13-14,17,20H,7,12H2,1-6H3/t13-,14+,17+/m0/s1. The van der Waals surface area contributed by atoms with Gasteiger partial charge in [0.25, 0.3) is 0 Å². The van der Waals surface area contributed by atoms with Crippen molar-refractivity contribution >= 4 is 5.97 Å². The molecule has 0 aliphatic heterocycles. The van der Waals surface area contributed by atoms with Crippen molar-refractivity contribution in [3.8, 4) is 5.75 Å². The van der Waals surface area contributed by atoms with E-state index in [1.165, 1.54) is 0 Å². The number of carbonyl (C=O) groups is 1. The first-order valence-corrected chi connectivity index (χ1v) is 8.37. The van der Waals surface area contributed by atoms with Gasteiger partial charge in [0, 0.05) is 0 Å². The van der Waals surface area contributed by atoms with Crippen LogP contribution in [-0.4, -0.2) is 37.0 Å². The number of rotatable bonds is 9. The summed E-state index contributed by atoms with van der Waals surface area (Å²) in [5.41, 5.74) is 0.00340. The fraction of sp³-hybridized carbons (Fsp3) is 0.632. The Morgan fingerprint density at radius 1 is 1.21 bits per heavy atom. The van der Waals surface area contributed by atoms with E-state index in [1.54, 1.807) is 21.0 Å². The summed E-state index contributed by atoms with van der Waals surface area (Å²) < 4.78 is 16.6. The summed E-state index contributed by atoms with van der Waals surface area (Å²) in [5.74, 6) is 0.429. The molecule has 1 aromatic rings. The van der Waals surface area contributed by atoms with Crippen LogP contribution in [0.3, 0.4) is 0 Å². The molecule has 0 radical (unpaired) electrons. The van der Waals surface area contributed by atoms with Crippen LogP contribution >= 0.6 is 0 Å². The minimum atomic E-state index is -0.864. The Balaban J connectivity index is 3.11. The third-order valence-electron chi connectivity index (χ3n) is 3.92. The van der Waals surface area contributed by atoms with Gasteiger partial charge in [0.05, 0.1) is 37.4 Å². The summed E-state index contributed by atoms with van der Waals surface area (Å²) in [6, 6.07) is 7.46. The van der Waals surface area contributed by atoms with Gasteiger partial charge in [-0.2, -0.15) is 0 Å². The molecule has 1 aromatic carbocycles. The first-order valence-electron chi connectivity index (χ1n) is 8.37. The largest absolute Gasteiger partial charge is 0.497 e. The molecule has 1 rings (SSSR count). The molecule has 0 saturated carbocycles. The van der Waals surface area contributed by atoms with Crippen molar-refractivity contribution < 1.29 is 24.1 Å². The fourth-order valence-electron chi connectivity index (χ4n) is 2.64. The Bertz CT molecular complexity index is 507. The van der Waals surface area contributed by atoms with E-state index in [0.717, 1.165) is 11.3 Å². The van der Waals surface area contributed by atoms with Crippen LogP contribution in [0.25, 0.3) is 0 Å². The van der Waals surface area contributed by atoms with Crippen molar-refractivity contribution in [2.45, 2.75) is 59.4 Å². The van der Waals surface area contributed by atoms with Crippen molar-refractivity contribution in [1.29, 1.82) is 0 Å². The van der Waals surface area contributed by atoms with Gasteiger partial charge in [-0.05, 0) is 58.7 Å². The van der Waals surface area contributed by atoms with Gasteiger partial charge in [0.15, 0.2) is 0 Å². The van der Waals surface area contributed by atoms with Gasteiger partial charge in [-0.15, -0.1) is 0 Å². The van der Waals surface area contributed by atoms with Gasteiger partial charge in [0.2, 0.25) is 0 Å². The van der Waals surface area contributed by atoms with Crippen LogP contribution in [0.2, 0.25) is 0 Å². The number of hydrogen-bond acceptors (Lipinski definition) is 5. The maximum atomic E-state index is 12.4. The van der Waals surface area contributed by atoms with Gasteiger partial charge in [-0.1, -0.05) is 12.1 Å². The molecule has 24 heavy (non-hydrogen) atoms. The average Bonchev–Trinajstić information content (AvgIpc) is 2.52. The molecule has 0 aliphatic rings. The molecule has 0 aromatic heterocycles. The minimum Gasteiger partial charge on any atom is -0.497 e. The summed E-state index contributed by atoms with van der Waals surface area (Å²) in [4.78, 5) is 12.4. The second-order valence-electron chi connectivity index (χ2n) is 6.63. The molecule has 0 saturated heterocycles. The van der Waals surface area contributed by atoms with Crippen molar-refractivity contribution in [2.75, 3.05) is 13.7 Å². The molecule has 0 bridgehead atoms. The summed E-state index contributed by atoms with van der Waals surface area (Å²) >= 11 is 0. The molecular formula is C19H30O5. The Kier molecular flexibility index (Phi) is 7.70. The zero-order valence-electron chi connectivity index (χ0n) is 15.5. The van der Waals surface area contributed by atoms with E-state index < -0.39 is 17.6 Å². The van der Waals surface area contributed by atoms with Gasteiger partial charge in [-0.25, -0.2) is 0 Å². The Hall–Kier alpha value is -1.59. The third kappa shape index (κ3) is 5.49. The zero-order chi connectivity index (χ0) is 18.3. The van der Waals surface area contributed by atoms with E-state index in [1.807, 2.05) is 45.0 Å². The van der Waals surface area contributed by atoms with Crippen molar-refractivity contribution in [3.05, 3.63) is 29.8 Å². The molecule has 0 fully saturated rings. The average molecular weight is 338 g/mol. The van der Waals surface area contributed by atoms with Gasteiger partial charge in [0.1, 0.15) is 5.75 Å². The lowest BCUT2D eigenvalue weighted by atomic mass is 9.82. The number of benzene rings is 1. The van der Waals surface area contributed by atoms with Crippen LogP contribution in [0.4, 0.5) is 0 Å². The Morgan fingerprint density at radius 2 is 1.79 bits per heavy atom. The molecule has 0 unspecified atom stereocenters. The SMILES string of the molecule is CCOC(=O)C(C)(C)[C@H](O[C@H](C)C[C@H](C)O)c1ccc(OC)cc1. The smallest absolute Gasteiger partial charge is 0.314 e. The van der Waals surface area contributed by atoms with E-state index in [-0.39, 0.29) is 12.1 Å². The maximum Gasteiger partial charge on any atom is 0.314 e. The normalized spacial score (nSPS) is 15.5. The van der Waals surface area contributed by atoms with Crippen LogP contribution in [0.5, 0.6) is 5.75 Å². The Morgan fingerprint density at radius 3 is 2.25 bits per heavy atom. The third-order valence-corrected chi connectivity index (χ3v) is 3.92. The molecule has 1 N–H and O–H groups in total. The van der Waals surface area contributed by atoms with E-state index in [9.17, 15) is 9.90 Å². The quantitative estimate of drug-likeness (QED) is 0.698. The van der Waals surface area contributed by atoms with Crippen molar-refractivity contribution in [1.82, 2.24) is 0 Å². The number of aliphatic hydroxyl groups is 1. The number of esters is 1. The van der Waals surface area contributed by atoms with E-state index in [4.69, 9.17) is 14.2 Å². The lowest BCUT2D eigenvalue weighted by molar-refractivity contribution is -0.167. The fourth-order valence-corrected chi connectivity index (χ4v) is 2.64. The summed E-state index contributed by atoms with van der Waals surface area (Å²) in [7, 11) is 1.61. The van der Waals surface area contributed by atoms with Crippen LogP contribution in [0.1, 0.15) is 52.7 Å². The van der Waals surface area contributed by atoms with Crippen molar-refractivity contribution in [3.63, 3.8) is 0 Å². The second-order valence-corrected chi connectivity index (χ2v) is 6.63. The molecule has 3 atom stereocenters. The highest BCUT2D eigenvalue weighted by molar-refractivity contribution is 5.77. The minimum absolute atomic E-state index is 0.203. The van der Waals surface area contributed by atoms with Crippen LogP contribution < -0.4 is 4.74 Å². The first kappa shape index (κ1) is 20.5. The summed E-state index contributed by atoms with van der Waals surface area (Å²) in [6.07, 6.45) is -0.671. The van der Waals surface area contributed by atoms with Crippen LogP contribution in [0.15, 0.2) is 24.3 Å². The molecule has 0 amide bonds. The first-order chi connectivity index (χ1) is 11.2. The van der Waals surface area contributed by atoms with Crippen LogP contribution in [0, 0.1) is 5.41 Å². The second kappa shape index (κ2) is 9.04. The lowest BCUT2D eigenvalue weighted by Gasteiger charge is -2.34. The highest BCUT2D eigenvalue weighted by Gasteiger charge is 2.41. The maximum absolute atomic E-state index is 12.4. The predicted molar refractivity (Wildman–Crippen MR) is 93.0 cm³/mol.